The molecule has 8 heteroatoms. The van der Waals surface area contributed by atoms with Gasteiger partial charge in [-0.1, -0.05) is 29.5 Å². The Morgan fingerprint density at radius 3 is 2.64 bits per heavy atom. The van der Waals surface area contributed by atoms with E-state index in [1.54, 1.807) is 4.90 Å². The predicted octanol–water partition coefficient (Wildman–Crippen LogP) is 4.93. The van der Waals surface area contributed by atoms with Crippen LogP contribution in [0, 0.1) is 20.8 Å². The monoisotopic (exact) mass is 464 g/mol. The summed E-state index contributed by atoms with van der Waals surface area (Å²) in [5, 5.41) is 5.15. The summed E-state index contributed by atoms with van der Waals surface area (Å²) in [6, 6.07) is 15.5. The van der Waals surface area contributed by atoms with Gasteiger partial charge in [-0.25, -0.2) is 4.98 Å². The normalized spacial score (nSPS) is 11.0. The summed E-state index contributed by atoms with van der Waals surface area (Å²) < 4.78 is 14.4. The Bertz CT molecular complexity index is 1260. The van der Waals surface area contributed by atoms with Crippen LogP contribution in [0.25, 0.3) is 10.2 Å². The SMILES string of the molecule is CCOc1cccc2sc(N(CCn3nc(C)cc3C)C(=O)COc3cccc(C)c3)nc12. The lowest BCUT2D eigenvalue weighted by molar-refractivity contribution is -0.120. The van der Waals surface area contributed by atoms with E-state index < -0.39 is 0 Å². The number of amides is 1. The largest absolute Gasteiger partial charge is 0.492 e. The summed E-state index contributed by atoms with van der Waals surface area (Å²) in [6.07, 6.45) is 0. The highest BCUT2D eigenvalue weighted by Crippen LogP contribution is 2.34. The average Bonchev–Trinajstić information content (AvgIpc) is 3.35. The number of benzene rings is 2. The Morgan fingerprint density at radius 2 is 1.91 bits per heavy atom. The van der Waals surface area contributed by atoms with Gasteiger partial charge in [0, 0.05) is 12.2 Å². The molecule has 4 rings (SSSR count). The molecule has 0 aliphatic carbocycles. The van der Waals surface area contributed by atoms with Gasteiger partial charge in [-0.15, -0.1) is 0 Å². The van der Waals surface area contributed by atoms with Gasteiger partial charge in [-0.2, -0.15) is 5.10 Å². The van der Waals surface area contributed by atoms with Crippen molar-refractivity contribution in [2.45, 2.75) is 34.2 Å². The van der Waals surface area contributed by atoms with E-state index in [9.17, 15) is 4.79 Å². The van der Waals surface area contributed by atoms with Crippen LogP contribution in [0.2, 0.25) is 0 Å². The highest BCUT2D eigenvalue weighted by molar-refractivity contribution is 7.22. The van der Waals surface area contributed by atoms with E-state index in [1.807, 2.05) is 80.9 Å². The van der Waals surface area contributed by atoms with E-state index >= 15 is 0 Å². The predicted molar refractivity (Wildman–Crippen MR) is 132 cm³/mol. The molecule has 2 aromatic heterocycles. The molecule has 0 aliphatic heterocycles. The van der Waals surface area contributed by atoms with E-state index in [2.05, 4.69) is 5.10 Å². The number of aryl methyl sites for hydroxylation is 3. The smallest absolute Gasteiger partial charge is 0.266 e. The molecular weight excluding hydrogens is 436 g/mol. The van der Waals surface area contributed by atoms with E-state index in [1.165, 1.54) is 11.3 Å². The van der Waals surface area contributed by atoms with Crippen molar-refractivity contribution < 1.29 is 14.3 Å². The lowest BCUT2D eigenvalue weighted by Gasteiger charge is -2.20. The lowest BCUT2D eigenvalue weighted by atomic mass is 10.2. The van der Waals surface area contributed by atoms with Crippen LogP contribution in [0.4, 0.5) is 5.13 Å². The molecule has 0 fully saturated rings. The number of ether oxygens (including phenoxy) is 2. The highest BCUT2D eigenvalue weighted by Gasteiger charge is 2.22. The van der Waals surface area contributed by atoms with Crippen LogP contribution >= 0.6 is 11.3 Å². The summed E-state index contributed by atoms with van der Waals surface area (Å²) >= 11 is 1.47. The molecule has 0 aliphatic rings. The maximum atomic E-state index is 13.3. The Balaban J connectivity index is 1.60. The van der Waals surface area contributed by atoms with Crippen LogP contribution in [0.1, 0.15) is 23.9 Å². The quantitative estimate of drug-likeness (QED) is 0.351. The van der Waals surface area contributed by atoms with Crippen LogP contribution in [0.3, 0.4) is 0 Å². The Labute approximate surface area is 197 Å². The Kier molecular flexibility index (Phi) is 6.93. The fourth-order valence-electron chi connectivity index (χ4n) is 3.65. The first kappa shape index (κ1) is 22.8. The number of thiazole rings is 1. The van der Waals surface area contributed by atoms with Gasteiger partial charge in [0.25, 0.3) is 5.91 Å². The minimum atomic E-state index is -0.157. The molecule has 4 aromatic rings. The lowest BCUT2D eigenvalue weighted by Crippen LogP contribution is -2.37. The standard InChI is InChI=1S/C25H28N4O3S/c1-5-31-21-10-7-11-22-24(21)26-25(33-22)28(12-13-29-19(4)15-18(3)27-29)23(30)16-32-20-9-6-8-17(2)14-20/h6-11,14-15H,5,12-13,16H2,1-4H3. The van der Waals surface area contributed by atoms with Gasteiger partial charge in [0.2, 0.25) is 0 Å². The van der Waals surface area contributed by atoms with E-state index in [-0.39, 0.29) is 12.5 Å². The summed E-state index contributed by atoms with van der Waals surface area (Å²) in [5.41, 5.74) is 3.85. The van der Waals surface area contributed by atoms with Crippen molar-refractivity contribution in [2.24, 2.45) is 0 Å². The molecule has 7 nitrogen and oxygen atoms in total. The van der Waals surface area contributed by atoms with Crippen LogP contribution in [-0.4, -0.2) is 40.4 Å². The zero-order valence-electron chi connectivity index (χ0n) is 19.4. The van der Waals surface area contributed by atoms with Crippen LogP contribution in [0.5, 0.6) is 11.5 Å². The number of aromatic nitrogens is 3. The van der Waals surface area contributed by atoms with Gasteiger partial charge in [-0.3, -0.25) is 14.4 Å². The fourth-order valence-corrected chi connectivity index (χ4v) is 4.68. The number of para-hydroxylation sites is 1. The number of carbonyl (C=O) groups excluding carboxylic acids is 1. The van der Waals surface area contributed by atoms with Gasteiger partial charge in [0.15, 0.2) is 11.7 Å². The van der Waals surface area contributed by atoms with Crippen LogP contribution < -0.4 is 14.4 Å². The van der Waals surface area contributed by atoms with Crippen molar-refractivity contribution in [3.8, 4) is 11.5 Å². The number of hydrogen-bond donors (Lipinski definition) is 0. The van der Waals surface area contributed by atoms with Crippen LogP contribution in [0.15, 0.2) is 48.5 Å². The molecule has 1 amide bonds. The third-order valence-corrected chi connectivity index (χ3v) is 6.24. The molecule has 0 radical (unpaired) electrons. The molecule has 33 heavy (non-hydrogen) atoms. The minimum Gasteiger partial charge on any atom is -0.492 e. The second kappa shape index (κ2) is 10.0. The van der Waals surface area contributed by atoms with Crippen molar-refractivity contribution >= 4 is 32.6 Å². The summed E-state index contributed by atoms with van der Waals surface area (Å²) in [7, 11) is 0. The molecule has 0 saturated heterocycles. The molecule has 0 bridgehead atoms. The molecule has 0 atom stereocenters. The van der Waals surface area contributed by atoms with Crippen molar-refractivity contribution in [3.63, 3.8) is 0 Å². The molecule has 2 aromatic carbocycles. The molecule has 0 spiro atoms. The van der Waals surface area contributed by atoms with Crippen molar-refractivity contribution in [2.75, 3.05) is 24.7 Å². The number of rotatable bonds is 9. The van der Waals surface area contributed by atoms with Gasteiger partial charge < -0.3 is 9.47 Å². The van der Waals surface area contributed by atoms with E-state index in [4.69, 9.17) is 14.5 Å². The number of nitrogens with zero attached hydrogens (tertiary/aromatic N) is 4. The highest BCUT2D eigenvalue weighted by atomic mass is 32.1. The van der Waals surface area contributed by atoms with Crippen molar-refractivity contribution in [3.05, 3.63) is 65.5 Å². The van der Waals surface area contributed by atoms with E-state index in [0.717, 1.165) is 32.9 Å². The van der Waals surface area contributed by atoms with Gasteiger partial charge in [0.1, 0.15) is 17.0 Å². The maximum Gasteiger partial charge on any atom is 0.266 e. The van der Waals surface area contributed by atoms with Crippen molar-refractivity contribution in [1.29, 1.82) is 0 Å². The minimum absolute atomic E-state index is 0.0746. The molecule has 0 unspecified atom stereocenters. The Morgan fingerprint density at radius 1 is 1.09 bits per heavy atom. The molecule has 172 valence electrons. The molecule has 2 heterocycles. The number of anilines is 1. The van der Waals surface area contributed by atoms with E-state index in [0.29, 0.717) is 30.6 Å². The topological polar surface area (TPSA) is 69.5 Å². The molecule has 0 saturated carbocycles. The van der Waals surface area contributed by atoms with Gasteiger partial charge in [0.05, 0.1) is 23.5 Å². The average molecular weight is 465 g/mol. The second-order valence-electron chi connectivity index (χ2n) is 7.83. The summed E-state index contributed by atoms with van der Waals surface area (Å²) in [6.45, 7) is 9.38. The van der Waals surface area contributed by atoms with Crippen LogP contribution in [-0.2, 0) is 11.3 Å². The van der Waals surface area contributed by atoms with Gasteiger partial charge >= 0.3 is 0 Å². The molecule has 0 N–H and O–H groups in total. The summed E-state index contributed by atoms with van der Waals surface area (Å²) in [5.74, 6) is 1.24. The first-order valence-electron chi connectivity index (χ1n) is 11.0. The summed E-state index contributed by atoms with van der Waals surface area (Å²) in [4.78, 5) is 19.8. The molecular formula is C25H28N4O3S. The van der Waals surface area contributed by atoms with Gasteiger partial charge in [-0.05, 0) is 63.6 Å². The van der Waals surface area contributed by atoms with Crippen molar-refractivity contribution in [1.82, 2.24) is 14.8 Å². The number of fused-ring (bicyclic) bond motifs is 1. The Hall–Kier alpha value is -3.39. The fraction of sp³-hybridized carbons (Fsp3) is 0.320. The number of carbonyl (C=O) groups is 1. The zero-order chi connectivity index (χ0) is 23.4. The second-order valence-corrected chi connectivity index (χ2v) is 8.84. The third kappa shape index (κ3) is 5.34. The first-order chi connectivity index (χ1) is 15.9. The first-order valence-corrected chi connectivity index (χ1v) is 11.8. The third-order valence-electron chi connectivity index (χ3n) is 5.19. The number of hydrogen-bond acceptors (Lipinski definition) is 6. The zero-order valence-corrected chi connectivity index (χ0v) is 20.2. The maximum absolute atomic E-state index is 13.3.